The number of hydrogen-bond acceptors (Lipinski definition) is 3. The van der Waals surface area contributed by atoms with Crippen molar-refractivity contribution in [1.82, 2.24) is 0 Å². The van der Waals surface area contributed by atoms with Gasteiger partial charge in [-0.3, -0.25) is 4.99 Å². The smallest absolute Gasteiger partial charge is 0.231 e. The van der Waals surface area contributed by atoms with E-state index in [1.807, 2.05) is 18.2 Å². The number of ether oxygens (including phenoxy) is 2. The molecule has 0 spiro atoms. The van der Waals surface area contributed by atoms with Crippen LogP contribution in [0, 0.1) is 0 Å². The molecule has 0 radical (unpaired) electrons. The summed E-state index contributed by atoms with van der Waals surface area (Å²) >= 11 is 0. The molecule has 1 aliphatic heterocycles. The van der Waals surface area contributed by atoms with Crippen LogP contribution in [-0.2, 0) is 12.8 Å². The first kappa shape index (κ1) is 11.8. The number of aliphatic imine (C=N–C) groups is 1. The topological polar surface area (TPSA) is 30.8 Å². The van der Waals surface area contributed by atoms with Crippen LogP contribution in [0.25, 0.3) is 0 Å². The molecule has 0 N–H and O–H groups in total. The molecule has 1 aliphatic rings. The van der Waals surface area contributed by atoms with Crippen LogP contribution in [0.3, 0.4) is 0 Å². The van der Waals surface area contributed by atoms with Gasteiger partial charge in [-0.25, -0.2) is 0 Å². The molecule has 1 heterocycles. The van der Waals surface area contributed by atoms with Crippen LogP contribution in [-0.4, -0.2) is 13.5 Å². The van der Waals surface area contributed by atoms with Crippen molar-refractivity contribution < 1.29 is 9.47 Å². The Bertz CT molecular complexity index is 590. The summed E-state index contributed by atoms with van der Waals surface area (Å²) in [5, 5.41) is 0. The lowest BCUT2D eigenvalue weighted by molar-refractivity contribution is 0.174. The number of rotatable bonds is 4. The van der Waals surface area contributed by atoms with Crippen molar-refractivity contribution in [2.45, 2.75) is 12.8 Å². The Morgan fingerprint density at radius 1 is 0.895 bits per heavy atom. The predicted molar refractivity (Wildman–Crippen MR) is 75.6 cm³/mol. The molecule has 0 aromatic heterocycles. The summed E-state index contributed by atoms with van der Waals surface area (Å²) in [5.74, 6) is 1.69. The van der Waals surface area contributed by atoms with E-state index in [2.05, 4.69) is 36.0 Å². The van der Waals surface area contributed by atoms with E-state index in [0.717, 1.165) is 30.0 Å². The second kappa shape index (κ2) is 5.14. The second-order valence-electron chi connectivity index (χ2n) is 4.51. The zero-order valence-electron chi connectivity index (χ0n) is 10.6. The minimum atomic E-state index is 0.328. The number of aryl methyl sites for hydroxylation is 2. The van der Waals surface area contributed by atoms with E-state index in [1.54, 1.807) is 0 Å². The fourth-order valence-electron chi connectivity index (χ4n) is 2.15. The lowest BCUT2D eigenvalue weighted by Crippen LogP contribution is -1.93. The Kier molecular flexibility index (Phi) is 3.19. The largest absolute Gasteiger partial charge is 0.454 e. The van der Waals surface area contributed by atoms with Crippen LogP contribution >= 0.6 is 0 Å². The quantitative estimate of drug-likeness (QED) is 0.780. The molecule has 0 saturated carbocycles. The van der Waals surface area contributed by atoms with Gasteiger partial charge in [-0.1, -0.05) is 18.2 Å². The zero-order valence-corrected chi connectivity index (χ0v) is 10.6. The third-order valence-electron chi connectivity index (χ3n) is 3.26. The highest BCUT2D eigenvalue weighted by molar-refractivity contribution is 5.46. The molecule has 0 fully saturated rings. The highest BCUT2D eigenvalue weighted by atomic mass is 16.7. The Hall–Kier alpha value is -2.29. The van der Waals surface area contributed by atoms with Gasteiger partial charge in [0.2, 0.25) is 6.79 Å². The van der Waals surface area contributed by atoms with Crippen molar-refractivity contribution in [2.75, 3.05) is 6.79 Å². The Morgan fingerprint density at radius 3 is 2.37 bits per heavy atom. The summed E-state index contributed by atoms with van der Waals surface area (Å²) < 4.78 is 10.7. The van der Waals surface area contributed by atoms with Crippen LogP contribution in [0.4, 0.5) is 5.69 Å². The third kappa shape index (κ3) is 2.60. The molecular weight excluding hydrogens is 238 g/mol. The Labute approximate surface area is 112 Å². The fourth-order valence-corrected chi connectivity index (χ4v) is 2.15. The number of hydrogen-bond donors (Lipinski definition) is 0. The van der Waals surface area contributed by atoms with Gasteiger partial charge in [-0.05, 0) is 55.0 Å². The molecule has 0 saturated heterocycles. The summed E-state index contributed by atoms with van der Waals surface area (Å²) in [6.45, 7) is 3.84. The van der Waals surface area contributed by atoms with Gasteiger partial charge < -0.3 is 9.47 Å². The molecule has 0 aliphatic carbocycles. The predicted octanol–water partition coefficient (Wildman–Crippen LogP) is 3.53. The van der Waals surface area contributed by atoms with Crippen LogP contribution in [0.2, 0.25) is 0 Å². The summed E-state index contributed by atoms with van der Waals surface area (Å²) in [6, 6.07) is 14.3. The highest BCUT2D eigenvalue weighted by Gasteiger charge is 2.12. The maximum absolute atomic E-state index is 5.38. The molecule has 0 amide bonds. The van der Waals surface area contributed by atoms with E-state index in [0.29, 0.717) is 6.79 Å². The average molecular weight is 253 g/mol. The van der Waals surface area contributed by atoms with Gasteiger partial charge in [0.1, 0.15) is 0 Å². The zero-order chi connectivity index (χ0) is 13.1. The van der Waals surface area contributed by atoms with E-state index in [-0.39, 0.29) is 0 Å². The lowest BCUT2D eigenvalue weighted by atomic mass is 10.0. The van der Waals surface area contributed by atoms with E-state index >= 15 is 0 Å². The number of fused-ring (bicyclic) bond motifs is 1. The number of nitrogens with zero attached hydrogens (tertiary/aromatic N) is 1. The van der Waals surface area contributed by atoms with Gasteiger partial charge >= 0.3 is 0 Å². The molecule has 3 nitrogen and oxygen atoms in total. The first-order valence-electron chi connectivity index (χ1n) is 6.29. The molecule has 0 unspecified atom stereocenters. The minimum Gasteiger partial charge on any atom is -0.454 e. The van der Waals surface area contributed by atoms with Crippen LogP contribution < -0.4 is 9.47 Å². The van der Waals surface area contributed by atoms with Gasteiger partial charge in [0.05, 0.1) is 5.69 Å². The van der Waals surface area contributed by atoms with Crippen molar-refractivity contribution in [3.63, 3.8) is 0 Å². The Morgan fingerprint density at radius 2 is 1.58 bits per heavy atom. The van der Waals surface area contributed by atoms with Gasteiger partial charge in [0.15, 0.2) is 11.5 Å². The van der Waals surface area contributed by atoms with Gasteiger partial charge in [0.25, 0.3) is 0 Å². The molecular formula is C16H15NO2. The molecule has 3 rings (SSSR count). The SMILES string of the molecule is C=Nc1ccc(CCc2ccc3c(c2)OCO3)cc1. The van der Waals surface area contributed by atoms with Crippen molar-refractivity contribution in [1.29, 1.82) is 0 Å². The van der Waals surface area contributed by atoms with Gasteiger partial charge in [0, 0.05) is 0 Å². The van der Waals surface area contributed by atoms with E-state index in [1.165, 1.54) is 11.1 Å². The molecule has 96 valence electrons. The molecule has 0 bridgehead atoms. The van der Waals surface area contributed by atoms with E-state index in [4.69, 9.17) is 9.47 Å². The maximum Gasteiger partial charge on any atom is 0.231 e. The molecule has 3 heteroatoms. The van der Waals surface area contributed by atoms with Crippen molar-refractivity contribution in [3.05, 3.63) is 53.6 Å². The summed E-state index contributed by atoms with van der Waals surface area (Å²) in [4.78, 5) is 3.89. The van der Waals surface area contributed by atoms with Crippen LogP contribution in [0.15, 0.2) is 47.5 Å². The summed E-state index contributed by atoms with van der Waals surface area (Å²) in [7, 11) is 0. The number of benzene rings is 2. The standard InChI is InChI=1S/C16H15NO2/c1-17-14-7-4-12(5-8-14)2-3-13-6-9-15-16(10-13)19-11-18-15/h4-10H,1-3,11H2. The average Bonchev–Trinajstić information content (AvgIpc) is 2.93. The van der Waals surface area contributed by atoms with E-state index < -0.39 is 0 Å². The maximum atomic E-state index is 5.38. The first-order chi connectivity index (χ1) is 9.35. The lowest BCUT2D eigenvalue weighted by Gasteiger charge is -2.04. The Balaban J connectivity index is 1.66. The third-order valence-corrected chi connectivity index (χ3v) is 3.26. The van der Waals surface area contributed by atoms with Crippen LogP contribution in [0.1, 0.15) is 11.1 Å². The fraction of sp³-hybridized carbons (Fsp3) is 0.188. The normalized spacial score (nSPS) is 12.4. The highest BCUT2D eigenvalue weighted by Crippen LogP contribution is 2.32. The molecule has 2 aromatic carbocycles. The first-order valence-corrected chi connectivity index (χ1v) is 6.29. The monoisotopic (exact) mass is 253 g/mol. The van der Waals surface area contributed by atoms with Crippen molar-refractivity contribution >= 4 is 12.4 Å². The second-order valence-corrected chi connectivity index (χ2v) is 4.51. The minimum absolute atomic E-state index is 0.328. The van der Waals surface area contributed by atoms with Gasteiger partial charge in [-0.15, -0.1) is 0 Å². The summed E-state index contributed by atoms with van der Waals surface area (Å²) in [6.07, 6.45) is 1.98. The van der Waals surface area contributed by atoms with Crippen molar-refractivity contribution in [3.8, 4) is 11.5 Å². The molecule has 0 atom stereocenters. The van der Waals surface area contributed by atoms with E-state index in [9.17, 15) is 0 Å². The van der Waals surface area contributed by atoms with Gasteiger partial charge in [-0.2, -0.15) is 0 Å². The molecule has 2 aromatic rings. The molecule has 19 heavy (non-hydrogen) atoms. The summed E-state index contributed by atoms with van der Waals surface area (Å²) in [5.41, 5.74) is 3.46. The van der Waals surface area contributed by atoms with Crippen LogP contribution in [0.5, 0.6) is 11.5 Å². The van der Waals surface area contributed by atoms with Crippen molar-refractivity contribution in [2.24, 2.45) is 4.99 Å².